The Morgan fingerprint density at radius 3 is 2.79 bits per heavy atom. The van der Waals surface area contributed by atoms with Gasteiger partial charge < -0.3 is 16.2 Å². The Balaban J connectivity index is 2.29. The molecule has 0 saturated carbocycles. The summed E-state index contributed by atoms with van der Waals surface area (Å²) in [5, 5.41) is 15.3. The van der Waals surface area contributed by atoms with Crippen LogP contribution in [0.15, 0.2) is 30.5 Å². The number of carbonyl (C=O) groups excluding carboxylic acids is 1. The lowest BCUT2D eigenvalue weighted by Crippen LogP contribution is -2.17. The van der Waals surface area contributed by atoms with Crippen LogP contribution in [0.3, 0.4) is 0 Å². The molecule has 4 N–H and O–H groups in total. The number of hydrogen-bond donors (Lipinski definition) is 3. The summed E-state index contributed by atoms with van der Waals surface area (Å²) in [5.41, 5.74) is 6.32. The molecular weight excluding hydrogens is 248 g/mol. The molecule has 0 unspecified atom stereocenters. The second-order valence-corrected chi connectivity index (χ2v) is 3.92. The van der Waals surface area contributed by atoms with Crippen molar-refractivity contribution >= 4 is 23.4 Å². The Hall–Kier alpha value is -2.83. The quantitative estimate of drug-likeness (QED) is 0.712. The van der Waals surface area contributed by atoms with Gasteiger partial charge in [-0.15, -0.1) is 0 Å². The highest BCUT2D eigenvalue weighted by atomic mass is 16.4. The molecule has 2 rings (SSSR count). The molecule has 0 aliphatic rings. The minimum absolute atomic E-state index is 0.0697. The fourth-order valence-electron chi connectivity index (χ4n) is 1.60. The number of carboxylic acids is 1. The summed E-state index contributed by atoms with van der Waals surface area (Å²) >= 11 is 0. The lowest BCUT2D eigenvalue weighted by Gasteiger charge is -2.07. The summed E-state index contributed by atoms with van der Waals surface area (Å²) in [6.07, 6.45) is 1.18. The smallest absolute Gasteiger partial charge is 0.341 e. The maximum Gasteiger partial charge on any atom is 0.341 e. The van der Waals surface area contributed by atoms with E-state index in [2.05, 4.69) is 10.4 Å². The van der Waals surface area contributed by atoms with Crippen LogP contribution in [0.5, 0.6) is 0 Å². The van der Waals surface area contributed by atoms with Crippen molar-refractivity contribution in [3.05, 3.63) is 41.6 Å². The van der Waals surface area contributed by atoms with E-state index >= 15 is 0 Å². The number of aryl methyl sites for hydroxylation is 1. The van der Waals surface area contributed by atoms with Crippen LogP contribution in [-0.4, -0.2) is 26.8 Å². The molecule has 2 aromatic rings. The van der Waals surface area contributed by atoms with Crippen LogP contribution in [0.2, 0.25) is 0 Å². The van der Waals surface area contributed by atoms with Gasteiger partial charge in [-0.05, 0) is 18.2 Å². The molecule has 0 saturated heterocycles. The van der Waals surface area contributed by atoms with Gasteiger partial charge in [-0.2, -0.15) is 5.10 Å². The van der Waals surface area contributed by atoms with Crippen molar-refractivity contribution in [2.45, 2.75) is 0 Å². The first-order valence-corrected chi connectivity index (χ1v) is 5.41. The van der Waals surface area contributed by atoms with Crippen molar-refractivity contribution < 1.29 is 14.7 Å². The number of nitrogens with zero attached hydrogens (tertiary/aromatic N) is 2. The van der Waals surface area contributed by atoms with E-state index in [-0.39, 0.29) is 11.4 Å². The standard InChI is InChI=1S/C12H12N4O3/c1-16-10(9(6-14-16)12(18)19)15-11(17)7-3-2-4-8(13)5-7/h2-6H,13H2,1H3,(H,15,17)(H,18,19). The molecule has 98 valence electrons. The average Bonchev–Trinajstić information content (AvgIpc) is 2.71. The number of nitrogens with one attached hydrogen (secondary N) is 1. The third kappa shape index (κ3) is 2.54. The first kappa shape index (κ1) is 12.6. The largest absolute Gasteiger partial charge is 0.477 e. The van der Waals surface area contributed by atoms with E-state index in [1.165, 1.54) is 16.9 Å². The number of rotatable bonds is 3. The molecule has 7 heteroatoms. The van der Waals surface area contributed by atoms with Gasteiger partial charge in [0.05, 0.1) is 6.20 Å². The number of nitrogen functional groups attached to an aromatic ring is 1. The fraction of sp³-hybridized carbons (Fsp3) is 0.0833. The Kier molecular flexibility index (Phi) is 3.19. The van der Waals surface area contributed by atoms with Gasteiger partial charge in [-0.25, -0.2) is 4.79 Å². The lowest BCUT2D eigenvalue weighted by atomic mass is 10.2. The van der Waals surface area contributed by atoms with E-state index in [4.69, 9.17) is 10.8 Å². The number of amides is 1. The van der Waals surface area contributed by atoms with Crippen LogP contribution in [0.1, 0.15) is 20.7 Å². The normalized spacial score (nSPS) is 10.2. The van der Waals surface area contributed by atoms with Crippen LogP contribution in [0, 0.1) is 0 Å². The van der Waals surface area contributed by atoms with E-state index < -0.39 is 11.9 Å². The molecule has 7 nitrogen and oxygen atoms in total. The number of aromatic carboxylic acids is 1. The van der Waals surface area contributed by atoms with E-state index in [1.807, 2.05) is 0 Å². The van der Waals surface area contributed by atoms with Gasteiger partial charge in [0, 0.05) is 18.3 Å². The zero-order valence-corrected chi connectivity index (χ0v) is 10.1. The molecule has 0 atom stereocenters. The van der Waals surface area contributed by atoms with Gasteiger partial charge in [0.15, 0.2) is 0 Å². The number of carboxylic acid groups (broad SMARTS) is 1. The average molecular weight is 260 g/mol. The Morgan fingerprint density at radius 2 is 2.16 bits per heavy atom. The van der Waals surface area contributed by atoms with Crippen LogP contribution in [-0.2, 0) is 7.05 Å². The predicted octanol–water partition coefficient (Wildman–Crippen LogP) is 0.953. The van der Waals surface area contributed by atoms with Crippen LogP contribution < -0.4 is 11.1 Å². The van der Waals surface area contributed by atoms with Gasteiger partial charge >= 0.3 is 5.97 Å². The number of benzene rings is 1. The summed E-state index contributed by atoms with van der Waals surface area (Å²) < 4.78 is 1.29. The lowest BCUT2D eigenvalue weighted by molar-refractivity contribution is 0.0698. The minimum Gasteiger partial charge on any atom is -0.477 e. The fourth-order valence-corrected chi connectivity index (χ4v) is 1.60. The molecule has 0 bridgehead atoms. The first-order chi connectivity index (χ1) is 8.99. The minimum atomic E-state index is -1.16. The number of hydrogen-bond acceptors (Lipinski definition) is 4. The molecule has 1 heterocycles. The molecular formula is C12H12N4O3. The second kappa shape index (κ2) is 4.81. The molecule has 1 aromatic heterocycles. The Morgan fingerprint density at radius 1 is 1.42 bits per heavy atom. The maximum absolute atomic E-state index is 12.0. The number of carbonyl (C=O) groups is 2. The van der Waals surface area contributed by atoms with Crippen molar-refractivity contribution in [1.82, 2.24) is 9.78 Å². The molecule has 0 aliphatic carbocycles. The number of aromatic nitrogens is 2. The second-order valence-electron chi connectivity index (χ2n) is 3.92. The van der Waals surface area contributed by atoms with Crippen LogP contribution >= 0.6 is 0 Å². The SMILES string of the molecule is Cn1ncc(C(=O)O)c1NC(=O)c1cccc(N)c1. The first-order valence-electron chi connectivity index (χ1n) is 5.41. The van der Waals surface area contributed by atoms with Crippen molar-refractivity contribution in [1.29, 1.82) is 0 Å². The third-order valence-corrected chi connectivity index (χ3v) is 2.55. The summed E-state index contributed by atoms with van der Waals surface area (Å²) in [4.78, 5) is 23.0. The third-order valence-electron chi connectivity index (χ3n) is 2.55. The zero-order valence-electron chi connectivity index (χ0n) is 10.1. The number of anilines is 2. The van der Waals surface area contributed by atoms with E-state index in [0.717, 1.165) is 0 Å². The van der Waals surface area contributed by atoms with Crippen molar-refractivity contribution in [2.24, 2.45) is 7.05 Å². The van der Waals surface area contributed by atoms with Crippen LogP contribution in [0.25, 0.3) is 0 Å². The van der Waals surface area contributed by atoms with E-state index in [0.29, 0.717) is 11.3 Å². The van der Waals surface area contributed by atoms with E-state index in [1.54, 1.807) is 25.2 Å². The molecule has 0 aliphatic heterocycles. The van der Waals surface area contributed by atoms with Crippen molar-refractivity contribution in [2.75, 3.05) is 11.1 Å². The summed E-state index contributed by atoms with van der Waals surface area (Å²) in [6.45, 7) is 0. The molecule has 1 aromatic carbocycles. The highest BCUT2D eigenvalue weighted by Gasteiger charge is 2.17. The zero-order chi connectivity index (χ0) is 14.0. The van der Waals surface area contributed by atoms with Gasteiger partial charge in [0.1, 0.15) is 11.4 Å². The Bertz CT molecular complexity index is 648. The Labute approximate surface area is 108 Å². The van der Waals surface area contributed by atoms with Gasteiger partial charge in [-0.1, -0.05) is 6.07 Å². The summed E-state index contributed by atoms with van der Waals surface area (Å²) in [6, 6.07) is 6.39. The summed E-state index contributed by atoms with van der Waals surface area (Å²) in [5.74, 6) is -1.48. The van der Waals surface area contributed by atoms with Gasteiger partial charge in [0.25, 0.3) is 5.91 Å². The van der Waals surface area contributed by atoms with Gasteiger partial charge in [-0.3, -0.25) is 9.48 Å². The number of nitrogens with two attached hydrogens (primary N) is 1. The van der Waals surface area contributed by atoms with Crippen molar-refractivity contribution in [3.63, 3.8) is 0 Å². The highest BCUT2D eigenvalue weighted by Crippen LogP contribution is 2.16. The maximum atomic E-state index is 12.0. The molecule has 1 amide bonds. The topological polar surface area (TPSA) is 110 Å². The van der Waals surface area contributed by atoms with Gasteiger partial charge in [0.2, 0.25) is 0 Å². The molecule has 0 radical (unpaired) electrons. The van der Waals surface area contributed by atoms with Crippen molar-refractivity contribution in [3.8, 4) is 0 Å². The molecule has 0 fully saturated rings. The molecule has 0 spiro atoms. The van der Waals surface area contributed by atoms with E-state index in [9.17, 15) is 9.59 Å². The summed E-state index contributed by atoms with van der Waals surface area (Å²) in [7, 11) is 1.54. The predicted molar refractivity (Wildman–Crippen MR) is 69.0 cm³/mol. The monoisotopic (exact) mass is 260 g/mol. The highest BCUT2D eigenvalue weighted by molar-refractivity contribution is 6.07. The molecule has 19 heavy (non-hydrogen) atoms. The van der Waals surface area contributed by atoms with Crippen LogP contribution in [0.4, 0.5) is 11.5 Å².